The molecule has 0 saturated carbocycles. The molecule has 8 heteroatoms. The Bertz CT molecular complexity index is 941. The third-order valence-electron chi connectivity index (χ3n) is 4.08. The molecule has 0 saturated heterocycles. The Morgan fingerprint density at radius 2 is 1.89 bits per heavy atom. The summed E-state index contributed by atoms with van der Waals surface area (Å²) in [5.41, 5.74) is 0.665. The van der Waals surface area contributed by atoms with Gasteiger partial charge >= 0.3 is 18.0 Å². The van der Waals surface area contributed by atoms with Gasteiger partial charge < -0.3 is 9.47 Å². The van der Waals surface area contributed by atoms with E-state index in [0.29, 0.717) is 5.56 Å². The van der Waals surface area contributed by atoms with Crippen molar-refractivity contribution in [1.29, 1.82) is 0 Å². The SMILES string of the molecule is COC(=O)c1cccc(CN2C(=O)C(F)(F)Oc3c(C(C)=O)cccc32)c1. The maximum Gasteiger partial charge on any atom is 0.483 e. The minimum Gasteiger partial charge on any atom is -0.465 e. The summed E-state index contributed by atoms with van der Waals surface area (Å²) in [6.07, 6.45) is -4.11. The van der Waals surface area contributed by atoms with Crippen molar-refractivity contribution in [2.75, 3.05) is 12.0 Å². The van der Waals surface area contributed by atoms with Crippen molar-refractivity contribution in [3.8, 4) is 5.75 Å². The number of methoxy groups -OCH3 is 1. The fourth-order valence-electron chi connectivity index (χ4n) is 2.81. The van der Waals surface area contributed by atoms with E-state index in [1.807, 2.05) is 0 Å². The molecule has 0 aromatic heterocycles. The highest BCUT2D eigenvalue weighted by molar-refractivity contribution is 6.05. The molecule has 1 aliphatic heterocycles. The molecule has 0 radical (unpaired) electrons. The lowest BCUT2D eigenvalue weighted by Crippen LogP contribution is -2.50. The molecule has 0 bridgehead atoms. The number of carbonyl (C=O) groups excluding carboxylic acids is 3. The highest BCUT2D eigenvalue weighted by Crippen LogP contribution is 2.42. The van der Waals surface area contributed by atoms with E-state index in [0.717, 1.165) is 4.90 Å². The Kier molecular flexibility index (Phi) is 4.65. The molecule has 140 valence electrons. The first-order valence-electron chi connectivity index (χ1n) is 7.94. The molecule has 0 atom stereocenters. The van der Waals surface area contributed by atoms with Gasteiger partial charge in [0.15, 0.2) is 11.5 Å². The van der Waals surface area contributed by atoms with E-state index in [1.54, 1.807) is 12.1 Å². The summed E-state index contributed by atoms with van der Waals surface area (Å²) in [6, 6.07) is 10.3. The number of amides is 1. The molecule has 1 amide bonds. The van der Waals surface area contributed by atoms with Crippen LogP contribution in [0.1, 0.15) is 33.2 Å². The quantitative estimate of drug-likeness (QED) is 0.606. The summed E-state index contributed by atoms with van der Waals surface area (Å²) in [5.74, 6) is -2.96. The van der Waals surface area contributed by atoms with Crippen LogP contribution in [0, 0.1) is 0 Å². The topological polar surface area (TPSA) is 72.9 Å². The molecule has 0 spiro atoms. The highest BCUT2D eigenvalue weighted by atomic mass is 19.3. The fraction of sp³-hybridized carbons (Fsp3) is 0.211. The lowest BCUT2D eigenvalue weighted by Gasteiger charge is -2.34. The normalized spacial score (nSPS) is 15.0. The van der Waals surface area contributed by atoms with Crippen molar-refractivity contribution >= 4 is 23.3 Å². The number of ketones is 1. The number of halogens is 2. The third kappa shape index (κ3) is 3.38. The summed E-state index contributed by atoms with van der Waals surface area (Å²) in [4.78, 5) is 36.5. The van der Waals surface area contributed by atoms with Gasteiger partial charge in [-0.3, -0.25) is 14.5 Å². The lowest BCUT2D eigenvalue weighted by molar-refractivity contribution is -0.193. The van der Waals surface area contributed by atoms with Crippen molar-refractivity contribution < 1.29 is 32.6 Å². The van der Waals surface area contributed by atoms with E-state index in [-0.39, 0.29) is 29.1 Å². The predicted octanol–water partition coefficient (Wildman–Crippen LogP) is 3.19. The van der Waals surface area contributed by atoms with E-state index in [9.17, 15) is 23.2 Å². The van der Waals surface area contributed by atoms with E-state index in [1.165, 1.54) is 44.4 Å². The Morgan fingerprint density at radius 3 is 2.56 bits per heavy atom. The molecule has 0 N–H and O–H groups in total. The van der Waals surface area contributed by atoms with Gasteiger partial charge in [0.1, 0.15) is 0 Å². The van der Waals surface area contributed by atoms with Gasteiger partial charge in [-0.05, 0) is 36.8 Å². The molecule has 3 rings (SSSR count). The van der Waals surface area contributed by atoms with Crippen molar-refractivity contribution in [1.82, 2.24) is 0 Å². The molecule has 6 nitrogen and oxygen atoms in total. The van der Waals surface area contributed by atoms with Crippen LogP contribution in [-0.4, -0.2) is 30.9 Å². The van der Waals surface area contributed by atoms with E-state index < -0.39 is 23.8 Å². The second-order valence-corrected chi connectivity index (χ2v) is 5.91. The maximum absolute atomic E-state index is 14.1. The largest absolute Gasteiger partial charge is 0.483 e. The molecule has 2 aromatic carbocycles. The molecule has 1 heterocycles. The summed E-state index contributed by atoms with van der Waals surface area (Å²) in [7, 11) is 1.22. The van der Waals surface area contributed by atoms with Gasteiger partial charge in [0.25, 0.3) is 0 Å². The number of para-hydroxylation sites is 1. The number of benzene rings is 2. The number of alkyl halides is 2. The zero-order valence-corrected chi connectivity index (χ0v) is 14.5. The van der Waals surface area contributed by atoms with Crippen LogP contribution in [0.3, 0.4) is 0 Å². The number of esters is 1. The molecule has 0 unspecified atom stereocenters. The summed E-state index contributed by atoms with van der Waals surface area (Å²) >= 11 is 0. The van der Waals surface area contributed by atoms with Crippen LogP contribution in [0.5, 0.6) is 5.75 Å². The van der Waals surface area contributed by atoms with Crippen molar-refractivity contribution in [3.05, 3.63) is 59.2 Å². The minimum atomic E-state index is -4.11. The first-order chi connectivity index (χ1) is 12.7. The average Bonchev–Trinajstić information content (AvgIpc) is 2.64. The minimum absolute atomic E-state index is 0.0482. The van der Waals surface area contributed by atoms with Crippen LogP contribution in [0.4, 0.5) is 14.5 Å². The summed E-state index contributed by atoms with van der Waals surface area (Å²) in [6.45, 7) is 0.981. The Balaban J connectivity index is 2.06. The summed E-state index contributed by atoms with van der Waals surface area (Å²) in [5, 5.41) is 0. The van der Waals surface area contributed by atoms with Crippen LogP contribution >= 0.6 is 0 Å². The average molecular weight is 375 g/mol. The number of hydrogen-bond acceptors (Lipinski definition) is 5. The molecule has 0 fully saturated rings. The van der Waals surface area contributed by atoms with Crippen LogP contribution in [-0.2, 0) is 16.1 Å². The molecule has 1 aliphatic rings. The number of rotatable bonds is 4. The molecule has 0 aliphatic carbocycles. The zero-order valence-electron chi connectivity index (χ0n) is 14.5. The molecular formula is C19H15F2NO5. The first-order valence-corrected chi connectivity index (χ1v) is 7.94. The number of Topliss-reactive ketones (excluding diaryl/α,β-unsaturated/α-hetero) is 1. The second kappa shape index (κ2) is 6.79. The van der Waals surface area contributed by atoms with Gasteiger partial charge in [-0.15, -0.1) is 0 Å². The van der Waals surface area contributed by atoms with E-state index >= 15 is 0 Å². The van der Waals surface area contributed by atoms with Gasteiger partial charge in [-0.2, -0.15) is 8.78 Å². The number of carbonyl (C=O) groups is 3. The van der Waals surface area contributed by atoms with Crippen molar-refractivity contribution in [3.63, 3.8) is 0 Å². The van der Waals surface area contributed by atoms with Gasteiger partial charge in [0.05, 0.1) is 30.5 Å². The van der Waals surface area contributed by atoms with E-state index in [4.69, 9.17) is 0 Å². The number of nitrogens with zero attached hydrogens (tertiary/aromatic N) is 1. The molecule has 2 aromatic rings. The van der Waals surface area contributed by atoms with Gasteiger partial charge in [0.2, 0.25) is 0 Å². The Hall–Kier alpha value is -3.29. The van der Waals surface area contributed by atoms with Crippen LogP contribution in [0.2, 0.25) is 0 Å². The zero-order chi connectivity index (χ0) is 19.8. The summed E-state index contributed by atoms with van der Waals surface area (Å²) < 4.78 is 37.5. The van der Waals surface area contributed by atoms with E-state index in [2.05, 4.69) is 9.47 Å². The monoisotopic (exact) mass is 375 g/mol. The number of anilines is 1. The van der Waals surface area contributed by atoms with Gasteiger partial charge in [-0.25, -0.2) is 4.79 Å². The van der Waals surface area contributed by atoms with Crippen LogP contribution in [0.25, 0.3) is 0 Å². The number of ether oxygens (including phenoxy) is 2. The highest BCUT2D eigenvalue weighted by Gasteiger charge is 2.51. The number of fused-ring (bicyclic) bond motifs is 1. The fourth-order valence-corrected chi connectivity index (χ4v) is 2.81. The van der Waals surface area contributed by atoms with Crippen LogP contribution in [0.15, 0.2) is 42.5 Å². The standard InChI is InChI=1S/C19H15F2NO5/c1-11(23)14-7-4-8-15-16(14)27-19(20,21)18(25)22(15)10-12-5-3-6-13(9-12)17(24)26-2/h3-9H,10H2,1-2H3. The molecule has 27 heavy (non-hydrogen) atoms. The lowest BCUT2D eigenvalue weighted by atomic mass is 10.1. The Labute approximate surface area is 153 Å². The van der Waals surface area contributed by atoms with Gasteiger partial charge in [0, 0.05) is 0 Å². The second-order valence-electron chi connectivity index (χ2n) is 5.91. The van der Waals surface area contributed by atoms with Crippen LogP contribution < -0.4 is 9.64 Å². The first kappa shape index (κ1) is 18.5. The maximum atomic E-state index is 14.1. The Morgan fingerprint density at radius 1 is 1.19 bits per heavy atom. The van der Waals surface area contributed by atoms with Crippen molar-refractivity contribution in [2.24, 2.45) is 0 Å². The van der Waals surface area contributed by atoms with Gasteiger partial charge in [-0.1, -0.05) is 18.2 Å². The predicted molar refractivity (Wildman–Crippen MR) is 91.0 cm³/mol. The number of hydrogen-bond donors (Lipinski definition) is 0. The van der Waals surface area contributed by atoms with Crippen molar-refractivity contribution in [2.45, 2.75) is 19.6 Å². The third-order valence-corrected chi connectivity index (χ3v) is 4.08. The smallest absolute Gasteiger partial charge is 0.465 e. The molecular weight excluding hydrogens is 360 g/mol.